The van der Waals surface area contributed by atoms with E-state index in [1.54, 1.807) is 5.57 Å². The molecular weight excluding hydrogens is 396 g/mol. The van der Waals surface area contributed by atoms with E-state index in [1.165, 1.54) is 25.7 Å². The predicted octanol–water partition coefficient (Wildman–Crippen LogP) is 6.13. The van der Waals surface area contributed by atoms with Crippen molar-refractivity contribution < 1.29 is 14.9 Å². The molecule has 0 aromatic rings. The second kappa shape index (κ2) is 7.31. The van der Waals surface area contributed by atoms with E-state index in [1.807, 2.05) is 0 Å². The number of rotatable bonds is 4. The average Bonchev–Trinajstić information content (AvgIpc) is 3.27. The molecule has 0 radical (unpaired) electrons. The normalized spacial score (nSPS) is 52.6. The van der Waals surface area contributed by atoms with E-state index in [4.69, 9.17) is 4.74 Å². The molecular formula is C29H48O3. The van der Waals surface area contributed by atoms with Crippen molar-refractivity contribution >= 4 is 0 Å². The molecule has 3 nitrogen and oxygen atoms in total. The minimum atomic E-state index is -0.402. The lowest BCUT2D eigenvalue weighted by Crippen LogP contribution is -2.54. The summed E-state index contributed by atoms with van der Waals surface area (Å²) in [5, 5.41) is 21.8. The van der Waals surface area contributed by atoms with Crippen LogP contribution in [0, 0.1) is 46.3 Å². The number of aliphatic hydroxyl groups is 2. The number of hydrogen-bond donors (Lipinski definition) is 2. The van der Waals surface area contributed by atoms with Crippen LogP contribution >= 0.6 is 0 Å². The molecule has 1 saturated heterocycles. The van der Waals surface area contributed by atoms with Crippen molar-refractivity contribution in [1.82, 2.24) is 0 Å². The maximum Gasteiger partial charge on any atom is 0.122 e. The van der Waals surface area contributed by atoms with Gasteiger partial charge in [-0.3, -0.25) is 0 Å². The Bertz CT molecular complexity index is 789. The van der Waals surface area contributed by atoms with Crippen LogP contribution in [0.5, 0.6) is 0 Å². The van der Waals surface area contributed by atoms with Crippen LogP contribution in [0.1, 0.15) is 99.8 Å². The third-order valence-corrected chi connectivity index (χ3v) is 12.3. The van der Waals surface area contributed by atoms with Gasteiger partial charge in [-0.25, -0.2) is 0 Å². The quantitative estimate of drug-likeness (QED) is 0.405. The van der Waals surface area contributed by atoms with E-state index in [-0.39, 0.29) is 28.5 Å². The van der Waals surface area contributed by atoms with Gasteiger partial charge in [-0.2, -0.15) is 0 Å². The van der Waals surface area contributed by atoms with Gasteiger partial charge in [-0.1, -0.05) is 53.2 Å². The van der Waals surface area contributed by atoms with Gasteiger partial charge in [0.05, 0.1) is 12.2 Å². The van der Waals surface area contributed by atoms with Gasteiger partial charge in [0.1, 0.15) is 11.2 Å². The highest BCUT2D eigenvalue weighted by Gasteiger charge is 2.81. The number of hydrogen-bond acceptors (Lipinski definition) is 3. The second-order valence-corrected chi connectivity index (χ2v) is 13.6. The summed E-state index contributed by atoms with van der Waals surface area (Å²) < 4.78 is 6.77. The van der Waals surface area contributed by atoms with Crippen molar-refractivity contribution in [2.75, 3.05) is 0 Å². The first-order chi connectivity index (χ1) is 14.9. The molecule has 182 valence electrons. The van der Waals surface area contributed by atoms with Crippen LogP contribution < -0.4 is 0 Å². The number of epoxide rings is 1. The third kappa shape index (κ3) is 2.83. The molecule has 1 aliphatic heterocycles. The first-order valence-electron chi connectivity index (χ1n) is 13.7. The Balaban J connectivity index is 1.41. The fourth-order valence-corrected chi connectivity index (χ4v) is 9.65. The fraction of sp³-hybridized carbons (Fsp3) is 0.931. The smallest absolute Gasteiger partial charge is 0.122 e. The molecule has 1 heterocycles. The van der Waals surface area contributed by atoms with Crippen molar-refractivity contribution in [3.05, 3.63) is 11.6 Å². The summed E-state index contributed by atoms with van der Waals surface area (Å²) in [6.07, 6.45) is 11.0. The van der Waals surface area contributed by atoms with Gasteiger partial charge in [0, 0.05) is 5.41 Å². The Morgan fingerprint density at radius 3 is 2.31 bits per heavy atom. The maximum atomic E-state index is 11.6. The van der Waals surface area contributed by atoms with Crippen LogP contribution in [0.25, 0.3) is 0 Å². The van der Waals surface area contributed by atoms with Crippen molar-refractivity contribution in [2.45, 2.75) is 123 Å². The Kier molecular flexibility index (Phi) is 5.34. The fourth-order valence-electron chi connectivity index (χ4n) is 9.65. The van der Waals surface area contributed by atoms with Crippen molar-refractivity contribution in [1.29, 1.82) is 0 Å². The topological polar surface area (TPSA) is 53.0 Å². The molecule has 0 amide bonds. The summed E-state index contributed by atoms with van der Waals surface area (Å²) >= 11 is 0. The largest absolute Gasteiger partial charge is 0.393 e. The number of ether oxygens (including phenoxy) is 1. The molecule has 1 spiro atoms. The van der Waals surface area contributed by atoms with E-state index in [2.05, 4.69) is 54.5 Å². The minimum Gasteiger partial charge on any atom is -0.393 e. The Morgan fingerprint density at radius 2 is 1.62 bits per heavy atom. The summed E-state index contributed by atoms with van der Waals surface area (Å²) in [6, 6.07) is 0. The number of fused-ring (bicyclic) bond motifs is 6. The zero-order valence-electron chi connectivity index (χ0n) is 21.7. The van der Waals surface area contributed by atoms with Crippen LogP contribution in [0.2, 0.25) is 0 Å². The van der Waals surface area contributed by atoms with E-state index < -0.39 is 11.7 Å². The SMILES string of the molecule is CC(C)[C@@H](C)C(C)C(O)[C@]1(C)O[C@@]12CC[C@H]1[C@@H]3CC=C4CC(O)CC[C@]4(C)[C@H]3CC[C@@]12C. The molecule has 11 atom stereocenters. The summed E-state index contributed by atoms with van der Waals surface area (Å²) in [6.45, 7) is 16.3. The number of allylic oxidation sites excluding steroid dienone is 1. The molecule has 3 saturated carbocycles. The molecule has 32 heavy (non-hydrogen) atoms. The standard InChI is InChI=1S/C29H48O3/c1-17(2)18(3)19(4)25(31)28(7)29(32-28)15-12-24-22-9-8-20-16-21(30)10-13-26(20,5)23(22)11-14-27(24,29)6/h8,17-19,21-25,30-31H,9-16H2,1-7H3/t18-,19?,21?,22-,23+,24+,25?,26+,27+,28+,29-/m1/s1. The van der Waals surface area contributed by atoms with E-state index in [0.29, 0.717) is 17.8 Å². The summed E-state index contributed by atoms with van der Waals surface area (Å²) in [5.41, 5.74) is 1.45. The highest BCUT2D eigenvalue weighted by atomic mass is 16.6. The monoisotopic (exact) mass is 444 g/mol. The van der Waals surface area contributed by atoms with Crippen LogP contribution in [0.4, 0.5) is 0 Å². The Labute approximate surface area is 196 Å². The van der Waals surface area contributed by atoms with Gasteiger partial charge in [-0.05, 0) is 99.2 Å². The highest BCUT2D eigenvalue weighted by Crippen LogP contribution is 2.76. The molecule has 4 aliphatic carbocycles. The van der Waals surface area contributed by atoms with E-state index in [9.17, 15) is 10.2 Å². The predicted molar refractivity (Wildman–Crippen MR) is 129 cm³/mol. The van der Waals surface area contributed by atoms with Gasteiger partial charge >= 0.3 is 0 Å². The number of aliphatic hydroxyl groups excluding tert-OH is 2. The first-order valence-corrected chi connectivity index (χ1v) is 13.7. The molecule has 4 fully saturated rings. The molecule has 0 aromatic heterocycles. The molecule has 2 N–H and O–H groups in total. The summed E-state index contributed by atoms with van der Waals surface area (Å²) in [7, 11) is 0. The summed E-state index contributed by atoms with van der Waals surface area (Å²) in [4.78, 5) is 0. The lowest BCUT2D eigenvalue weighted by Gasteiger charge is -2.58. The molecule has 3 unspecified atom stereocenters. The van der Waals surface area contributed by atoms with Gasteiger partial charge in [-0.15, -0.1) is 0 Å². The van der Waals surface area contributed by atoms with E-state index >= 15 is 0 Å². The Morgan fingerprint density at radius 1 is 0.938 bits per heavy atom. The lowest BCUT2D eigenvalue weighted by atomic mass is 9.46. The third-order valence-electron chi connectivity index (χ3n) is 12.3. The molecule has 5 rings (SSSR count). The van der Waals surface area contributed by atoms with Gasteiger partial charge in [0.25, 0.3) is 0 Å². The maximum absolute atomic E-state index is 11.6. The van der Waals surface area contributed by atoms with E-state index in [0.717, 1.165) is 37.5 Å². The van der Waals surface area contributed by atoms with Gasteiger partial charge in [0.2, 0.25) is 0 Å². The summed E-state index contributed by atoms with van der Waals surface area (Å²) in [5.74, 6) is 3.46. The van der Waals surface area contributed by atoms with Crippen LogP contribution in [-0.4, -0.2) is 33.6 Å². The zero-order valence-corrected chi connectivity index (χ0v) is 21.7. The molecule has 0 bridgehead atoms. The van der Waals surface area contributed by atoms with Crippen molar-refractivity contribution in [3.8, 4) is 0 Å². The minimum absolute atomic E-state index is 0.133. The molecule has 3 heteroatoms. The molecule has 0 aromatic carbocycles. The van der Waals surface area contributed by atoms with Gasteiger partial charge in [0.15, 0.2) is 0 Å². The Hall–Kier alpha value is -0.380. The van der Waals surface area contributed by atoms with Crippen LogP contribution in [0.3, 0.4) is 0 Å². The highest BCUT2D eigenvalue weighted by molar-refractivity contribution is 5.32. The first kappa shape index (κ1) is 23.4. The van der Waals surface area contributed by atoms with Crippen molar-refractivity contribution in [2.24, 2.45) is 46.3 Å². The lowest BCUT2D eigenvalue weighted by molar-refractivity contribution is -0.0568. The second-order valence-electron chi connectivity index (χ2n) is 13.6. The van der Waals surface area contributed by atoms with Gasteiger partial charge < -0.3 is 14.9 Å². The molecule has 5 aliphatic rings. The average molecular weight is 445 g/mol. The zero-order chi connectivity index (χ0) is 23.3. The van der Waals surface area contributed by atoms with Crippen molar-refractivity contribution in [3.63, 3.8) is 0 Å². The van der Waals surface area contributed by atoms with Crippen LogP contribution in [-0.2, 0) is 4.74 Å². The van der Waals surface area contributed by atoms with Crippen LogP contribution in [0.15, 0.2) is 11.6 Å².